The van der Waals surface area contributed by atoms with Crippen LogP contribution in [0, 0.1) is 5.92 Å². The molecule has 1 aromatic rings. The van der Waals surface area contributed by atoms with E-state index in [1.54, 1.807) is 29.2 Å². The van der Waals surface area contributed by atoms with E-state index in [9.17, 15) is 8.42 Å². The minimum atomic E-state index is -3.55. The number of aromatic nitrogens is 2. The molecule has 8 heteroatoms. The highest BCUT2D eigenvalue weighted by Gasteiger charge is 2.46. The Morgan fingerprint density at radius 3 is 2.95 bits per heavy atom. The van der Waals surface area contributed by atoms with Crippen LogP contribution in [0.4, 0.5) is 0 Å². The van der Waals surface area contributed by atoms with Gasteiger partial charge in [0, 0.05) is 33.5 Å². The molecule has 0 radical (unpaired) electrons. The number of fused-ring (bicyclic) bond motifs is 1. The summed E-state index contributed by atoms with van der Waals surface area (Å²) in [4.78, 5) is 4.00. The van der Waals surface area contributed by atoms with Crippen LogP contribution >= 0.6 is 0 Å². The lowest BCUT2D eigenvalue weighted by Gasteiger charge is -2.35. The van der Waals surface area contributed by atoms with Gasteiger partial charge in [-0.1, -0.05) is 0 Å². The number of morpholine rings is 1. The van der Waals surface area contributed by atoms with Gasteiger partial charge in [-0.2, -0.15) is 4.31 Å². The minimum absolute atomic E-state index is 0.0302. The first-order chi connectivity index (χ1) is 10.0. The van der Waals surface area contributed by atoms with E-state index in [2.05, 4.69) is 4.98 Å². The van der Waals surface area contributed by atoms with Gasteiger partial charge < -0.3 is 14.0 Å². The molecule has 1 aliphatic heterocycles. The van der Waals surface area contributed by atoms with Gasteiger partial charge in [0.15, 0.2) is 5.03 Å². The van der Waals surface area contributed by atoms with Gasteiger partial charge in [-0.25, -0.2) is 13.4 Å². The van der Waals surface area contributed by atoms with Gasteiger partial charge in [0.2, 0.25) is 0 Å². The van der Waals surface area contributed by atoms with E-state index in [-0.39, 0.29) is 17.2 Å². The normalized spacial score (nSPS) is 30.5. The number of nitrogens with zero attached hydrogens (tertiary/aromatic N) is 3. The predicted octanol–water partition coefficient (Wildman–Crippen LogP) is 0.235. The summed E-state index contributed by atoms with van der Waals surface area (Å²) < 4.78 is 39.7. The van der Waals surface area contributed by atoms with Gasteiger partial charge in [0.05, 0.1) is 25.1 Å². The summed E-state index contributed by atoms with van der Waals surface area (Å²) in [7, 11) is -0.119. The largest absolute Gasteiger partial charge is 0.384 e. The summed E-state index contributed by atoms with van der Waals surface area (Å²) >= 11 is 0. The van der Waals surface area contributed by atoms with Crippen molar-refractivity contribution in [3.8, 4) is 0 Å². The molecule has 2 fully saturated rings. The van der Waals surface area contributed by atoms with Gasteiger partial charge in [-0.3, -0.25) is 0 Å². The van der Waals surface area contributed by atoms with Crippen molar-refractivity contribution < 1.29 is 17.9 Å². The third kappa shape index (κ3) is 2.73. The highest BCUT2D eigenvalue weighted by Crippen LogP contribution is 2.36. The van der Waals surface area contributed by atoms with Crippen molar-refractivity contribution >= 4 is 10.0 Å². The molecule has 3 atom stereocenters. The Hall–Kier alpha value is -0.960. The molecular weight excluding hydrogens is 294 g/mol. The van der Waals surface area contributed by atoms with E-state index in [1.807, 2.05) is 0 Å². The lowest BCUT2D eigenvalue weighted by atomic mass is 10.1. The Labute approximate surface area is 124 Å². The maximum Gasteiger partial charge on any atom is 0.262 e. The first kappa shape index (κ1) is 15.0. The summed E-state index contributed by atoms with van der Waals surface area (Å²) in [6, 6.07) is -0.106. The van der Waals surface area contributed by atoms with Gasteiger partial charge in [0.25, 0.3) is 10.0 Å². The van der Waals surface area contributed by atoms with Crippen LogP contribution in [0.25, 0.3) is 0 Å². The average Bonchev–Trinajstić information content (AvgIpc) is 3.04. The molecular formula is C13H21N3O4S. The minimum Gasteiger partial charge on any atom is -0.384 e. The molecule has 0 N–H and O–H groups in total. The molecule has 7 nitrogen and oxygen atoms in total. The van der Waals surface area contributed by atoms with Crippen molar-refractivity contribution in [2.45, 2.75) is 30.0 Å². The zero-order valence-electron chi connectivity index (χ0n) is 12.3. The van der Waals surface area contributed by atoms with Gasteiger partial charge in [0.1, 0.15) is 0 Å². The van der Waals surface area contributed by atoms with E-state index in [0.717, 1.165) is 12.8 Å². The third-order valence-corrected chi connectivity index (χ3v) is 6.05. The van der Waals surface area contributed by atoms with E-state index >= 15 is 0 Å². The number of aryl methyl sites for hydroxylation is 1. The predicted molar refractivity (Wildman–Crippen MR) is 75.2 cm³/mol. The molecule has 0 spiro atoms. The van der Waals surface area contributed by atoms with Crippen LogP contribution in [0.5, 0.6) is 0 Å². The smallest absolute Gasteiger partial charge is 0.262 e. The topological polar surface area (TPSA) is 73.7 Å². The Bertz CT molecular complexity index is 600. The maximum absolute atomic E-state index is 12.8. The molecule has 0 bridgehead atoms. The molecule has 2 heterocycles. The molecule has 118 valence electrons. The molecule has 1 saturated carbocycles. The third-order valence-electron chi connectivity index (χ3n) is 4.24. The molecule has 0 amide bonds. The van der Waals surface area contributed by atoms with Crippen molar-refractivity contribution in [1.82, 2.24) is 13.9 Å². The standard InChI is InChI=1S/C13H21N3O4S/c1-15-7-13(14-9-15)21(17,18)16-3-4-20-12-6-10(8-19-2)5-11(12)16/h7,9-12H,3-6,8H2,1-2H3/t10-,11-,12-/m0/s1. The van der Waals surface area contributed by atoms with E-state index in [0.29, 0.717) is 25.7 Å². The zero-order valence-corrected chi connectivity index (χ0v) is 13.1. The first-order valence-corrected chi connectivity index (χ1v) is 8.56. The summed E-state index contributed by atoms with van der Waals surface area (Å²) in [5.41, 5.74) is 0. The fraction of sp³-hybridized carbons (Fsp3) is 0.769. The molecule has 0 unspecified atom stereocenters. The fourth-order valence-corrected chi connectivity index (χ4v) is 4.94. The van der Waals surface area contributed by atoms with Crippen LogP contribution in [0.2, 0.25) is 0 Å². The summed E-state index contributed by atoms with van der Waals surface area (Å²) in [6.07, 6.45) is 4.66. The fourth-order valence-electron chi connectivity index (χ4n) is 3.33. The second-order valence-corrected chi connectivity index (χ2v) is 7.60. The molecule has 1 aliphatic carbocycles. The summed E-state index contributed by atoms with van der Waals surface area (Å²) in [6.45, 7) is 1.47. The SMILES string of the molecule is COC[C@@H]1C[C@@H]2OCCN(S(=O)(=O)c3cn(C)cn3)[C@H]2C1. The quantitative estimate of drug-likeness (QED) is 0.795. The van der Waals surface area contributed by atoms with Gasteiger partial charge in [-0.15, -0.1) is 0 Å². The summed E-state index contributed by atoms with van der Waals surface area (Å²) in [5, 5.41) is 0.112. The molecule has 0 aromatic carbocycles. The lowest BCUT2D eigenvalue weighted by Crippen LogP contribution is -2.51. The van der Waals surface area contributed by atoms with Crippen LogP contribution in [-0.2, 0) is 26.5 Å². The number of imidazole rings is 1. The van der Waals surface area contributed by atoms with Crippen LogP contribution in [0.1, 0.15) is 12.8 Å². The number of methoxy groups -OCH3 is 1. The Kier molecular flexibility index (Phi) is 4.04. The highest BCUT2D eigenvalue weighted by atomic mass is 32.2. The summed E-state index contributed by atoms with van der Waals surface area (Å²) in [5.74, 6) is 0.351. The second-order valence-electron chi connectivity index (χ2n) is 5.76. The van der Waals surface area contributed by atoms with Gasteiger partial charge >= 0.3 is 0 Å². The Balaban J connectivity index is 1.84. The van der Waals surface area contributed by atoms with Crippen LogP contribution in [-0.4, -0.2) is 61.3 Å². The van der Waals surface area contributed by atoms with E-state index in [4.69, 9.17) is 9.47 Å². The number of hydrogen-bond acceptors (Lipinski definition) is 5. The first-order valence-electron chi connectivity index (χ1n) is 7.12. The molecule has 1 saturated heterocycles. The van der Waals surface area contributed by atoms with Gasteiger partial charge in [-0.05, 0) is 18.8 Å². The van der Waals surface area contributed by atoms with Crippen molar-refractivity contribution in [3.63, 3.8) is 0 Å². The zero-order chi connectivity index (χ0) is 15.0. The van der Waals surface area contributed by atoms with Crippen molar-refractivity contribution in [1.29, 1.82) is 0 Å². The molecule has 2 aliphatic rings. The van der Waals surface area contributed by atoms with Crippen LogP contribution in [0.15, 0.2) is 17.6 Å². The Morgan fingerprint density at radius 2 is 2.29 bits per heavy atom. The second kappa shape index (κ2) is 5.68. The van der Waals surface area contributed by atoms with Crippen molar-refractivity contribution in [2.24, 2.45) is 13.0 Å². The Morgan fingerprint density at radius 1 is 1.48 bits per heavy atom. The number of ether oxygens (including phenoxy) is 2. The number of rotatable bonds is 4. The monoisotopic (exact) mass is 315 g/mol. The lowest BCUT2D eigenvalue weighted by molar-refractivity contribution is -0.0251. The number of sulfonamides is 1. The van der Waals surface area contributed by atoms with Crippen molar-refractivity contribution in [3.05, 3.63) is 12.5 Å². The highest BCUT2D eigenvalue weighted by molar-refractivity contribution is 7.89. The van der Waals surface area contributed by atoms with Crippen molar-refractivity contribution in [2.75, 3.05) is 26.9 Å². The molecule has 3 rings (SSSR count). The average molecular weight is 315 g/mol. The van der Waals surface area contributed by atoms with Crippen LogP contribution < -0.4 is 0 Å². The molecule has 1 aromatic heterocycles. The van der Waals surface area contributed by atoms with Crippen LogP contribution in [0.3, 0.4) is 0 Å². The van der Waals surface area contributed by atoms with E-state index < -0.39 is 10.0 Å². The molecule has 21 heavy (non-hydrogen) atoms. The number of hydrogen-bond donors (Lipinski definition) is 0. The van der Waals surface area contributed by atoms with E-state index in [1.165, 1.54) is 6.33 Å². The maximum atomic E-state index is 12.8.